The molecule has 0 saturated carbocycles. The Morgan fingerprint density at radius 3 is 2.36 bits per heavy atom. The largest absolute Gasteiger partial charge is 0.573 e. The van der Waals surface area contributed by atoms with Gasteiger partial charge in [0.15, 0.2) is 11.5 Å². The summed E-state index contributed by atoms with van der Waals surface area (Å²) in [6.45, 7) is 0.113. The average molecular weight is 497 g/mol. The SMILES string of the molecule is COc1ccc(-c2cccc(-n3cncc3C(=O)NCc3ccc(OC(F)(F)F)cc3)c2)cc1OC. The highest BCUT2D eigenvalue weighted by Crippen LogP contribution is 2.33. The number of amides is 1. The van der Waals surface area contributed by atoms with Gasteiger partial charge in [0.05, 0.1) is 26.7 Å². The first kappa shape index (κ1) is 24.6. The Labute approximate surface area is 205 Å². The monoisotopic (exact) mass is 497 g/mol. The van der Waals surface area contributed by atoms with Crippen LogP contribution in [0.25, 0.3) is 16.8 Å². The lowest BCUT2D eigenvalue weighted by Gasteiger charge is -2.13. The molecule has 1 aromatic heterocycles. The van der Waals surface area contributed by atoms with Crippen molar-refractivity contribution < 1.29 is 32.2 Å². The number of carbonyl (C=O) groups excluding carboxylic acids is 1. The summed E-state index contributed by atoms with van der Waals surface area (Å²) in [4.78, 5) is 17.0. The van der Waals surface area contributed by atoms with E-state index in [2.05, 4.69) is 15.0 Å². The maximum Gasteiger partial charge on any atom is 0.573 e. The number of halogens is 3. The third-order valence-corrected chi connectivity index (χ3v) is 5.32. The molecule has 0 aliphatic carbocycles. The van der Waals surface area contributed by atoms with Crippen LogP contribution in [-0.4, -0.2) is 36.0 Å². The summed E-state index contributed by atoms with van der Waals surface area (Å²) in [6, 6.07) is 18.5. The Morgan fingerprint density at radius 2 is 1.67 bits per heavy atom. The number of benzene rings is 3. The molecular formula is C26H22F3N3O4. The van der Waals surface area contributed by atoms with Crippen LogP contribution in [0.4, 0.5) is 13.2 Å². The summed E-state index contributed by atoms with van der Waals surface area (Å²) in [7, 11) is 3.14. The van der Waals surface area contributed by atoms with Crippen molar-refractivity contribution in [2.75, 3.05) is 14.2 Å². The average Bonchev–Trinajstić information content (AvgIpc) is 3.37. The molecule has 0 unspecified atom stereocenters. The van der Waals surface area contributed by atoms with Crippen LogP contribution in [0.5, 0.6) is 17.2 Å². The standard InChI is InChI=1S/C26H22F3N3O4/c1-34-23-11-8-19(13-24(23)35-2)18-4-3-5-20(12-18)32-16-30-15-22(32)25(33)31-14-17-6-9-21(10-7-17)36-26(27,28)29/h3-13,15-16H,14H2,1-2H3,(H,31,33). The Morgan fingerprint density at radius 1 is 0.944 bits per heavy atom. The predicted molar refractivity (Wildman–Crippen MR) is 126 cm³/mol. The molecule has 0 aliphatic rings. The van der Waals surface area contributed by atoms with Gasteiger partial charge in [-0.3, -0.25) is 9.36 Å². The third-order valence-electron chi connectivity index (χ3n) is 5.32. The number of aromatic nitrogens is 2. The topological polar surface area (TPSA) is 74.6 Å². The molecule has 0 aliphatic heterocycles. The van der Waals surface area contributed by atoms with E-state index < -0.39 is 6.36 Å². The van der Waals surface area contributed by atoms with Crippen LogP contribution in [0.15, 0.2) is 79.3 Å². The maximum atomic E-state index is 12.9. The van der Waals surface area contributed by atoms with Crippen molar-refractivity contribution in [2.24, 2.45) is 0 Å². The lowest BCUT2D eigenvalue weighted by atomic mass is 10.0. The number of rotatable bonds is 8. The quantitative estimate of drug-likeness (QED) is 0.354. The second-order valence-electron chi connectivity index (χ2n) is 7.64. The number of ether oxygens (including phenoxy) is 3. The summed E-state index contributed by atoms with van der Waals surface area (Å²) < 4.78 is 53.2. The lowest BCUT2D eigenvalue weighted by molar-refractivity contribution is -0.274. The van der Waals surface area contributed by atoms with Gasteiger partial charge >= 0.3 is 6.36 Å². The highest BCUT2D eigenvalue weighted by molar-refractivity contribution is 5.93. The van der Waals surface area contributed by atoms with Crippen LogP contribution < -0.4 is 19.5 Å². The van der Waals surface area contributed by atoms with Crippen LogP contribution in [0, 0.1) is 0 Å². The van der Waals surface area contributed by atoms with Gasteiger partial charge in [0.25, 0.3) is 5.91 Å². The lowest BCUT2D eigenvalue weighted by Crippen LogP contribution is -2.25. The van der Waals surface area contributed by atoms with Crippen molar-refractivity contribution in [2.45, 2.75) is 12.9 Å². The zero-order chi connectivity index (χ0) is 25.7. The number of carbonyl (C=O) groups is 1. The fraction of sp³-hybridized carbons (Fsp3) is 0.154. The van der Waals surface area contributed by atoms with Crippen molar-refractivity contribution in [3.05, 3.63) is 90.5 Å². The summed E-state index contributed by atoms with van der Waals surface area (Å²) in [5.74, 6) is 0.499. The second kappa shape index (κ2) is 10.4. The van der Waals surface area contributed by atoms with Crippen LogP contribution in [-0.2, 0) is 6.54 Å². The van der Waals surface area contributed by atoms with Gasteiger partial charge in [0.2, 0.25) is 0 Å². The molecule has 1 N–H and O–H groups in total. The molecule has 0 spiro atoms. The second-order valence-corrected chi connectivity index (χ2v) is 7.64. The van der Waals surface area contributed by atoms with E-state index in [1.165, 1.54) is 36.8 Å². The summed E-state index contributed by atoms with van der Waals surface area (Å²) in [5.41, 5.74) is 3.43. The van der Waals surface area contributed by atoms with E-state index in [1.54, 1.807) is 18.8 Å². The Bertz CT molecular complexity index is 1350. The minimum atomic E-state index is -4.76. The molecule has 4 aromatic rings. The molecule has 0 saturated heterocycles. The maximum absolute atomic E-state index is 12.9. The number of nitrogens with one attached hydrogen (secondary N) is 1. The van der Waals surface area contributed by atoms with Gasteiger partial charge in [-0.15, -0.1) is 13.2 Å². The van der Waals surface area contributed by atoms with Gasteiger partial charge in [0, 0.05) is 12.2 Å². The first-order chi connectivity index (χ1) is 17.3. The van der Waals surface area contributed by atoms with Crippen molar-refractivity contribution in [1.82, 2.24) is 14.9 Å². The van der Waals surface area contributed by atoms with Crippen LogP contribution in [0.2, 0.25) is 0 Å². The molecule has 0 radical (unpaired) electrons. The number of methoxy groups -OCH3 is 2. The fourth-order valence-corrected chi connectivity index (χ4v) is 3.60. The minimum absolute atomic E-state index is 0.113. The van der Waals surface area contributed by atoms with E-state index in [0.29, 0.717) is 22.8 Å². The zero-order valence-corrected chi connectivity index (χ0v) is 19.4. The number of nitrogens with zero attached hydrogens (tertiary/aromatic N) is 2. The van der Waals surface area contributed by atoms with Gasteiger partial charge in [-0.1, -0.05) is 30.3 Å². The fourth-order valence-electron chi connectivity index (χ4n) is 3.60. The van der Waals surface area contributed by atoms with Crippen LogP contribution in [0.3, 0.4) is 0 Å². The van der Waals surface area contributed by atoms with E-state index in [4.69, 9.17) is 9.47 Å². The van der Waals surface area contributed by atoms with E-state index in [9.17, 15) is 18.0 Å². The Balaban J connectivity index is 1.49. The highest BCUT2D eigenvalue weighted by Gasteiger charge is 2.30. The number of hydrogen-bond donors (Lipinski definition) is 1. The van der Waals surface area contributed by atoms with Gasteiger partial charge in [-0.05, 0) is 53.1 Å². The van der Waals surface area contributed by atoms with Gasteiger partial charge < -0.3 is 19.5 Å². The van der Waals surface area contributed by atoms with Crippen molar-refractivity contribution >= 4 is 5.91 Å². The molecule has 1 amide bonds. The molecular weight excluding hydrogens is 475 g/mol. The highest BCUT2D eigenvalue weighted by atomic mass is 19.4. The normalized spacial score (nSPS) is 11.1. The van der Waals surface area contributed by atoms with Gasteiger partial charge in [-0.2, -0.15) is 0 Å². The van der Waals surface area contributed by atoms with E-state index >= 15 is 0 Å². The van der Waals surface area contributed by atoms with Crippen molar-refractivity contribution in [3.63, 3.8) is 0 Å². The smallest absolute Gasteiger partial charge is 0.493 e. The number of imidazole rings is 1. The molecule has 7 nitrogen and oxygen atoms in total. The Hall–Kier alpha value is -4.47. The van der Waals surface area contributed by atoms with Gasteiger partial charge in [-0.25, -0.2) is 4.98 Å². The first-order valence-electron chi connectivity index (χ1n) is 10.8. The number of alkyl halides is 3. The van der Waals surface area contributed by atoms with E-state index in [-0.39, 0.29) is 18.2 Å². The molecule has 36 heavy (non-hydrogen) atoms. The molecule has 186 valence electrons. The van der Waals surface area contributed by atoms with Crippen LogP contribution in [0.1, 0.15) is 16.1 Å². The number of hydrogen-bond acceptors (Lipinski definition) is 5. The zero-order valence-electron chi connectivity index (χ0n) is 19.4. The van der Waals surface area contributed by atoms with E-state index in [1.807, 2.05) is 42.5 Å². The summed E-state index contributed by atoms with van der Waals surface area (Å²) in [6.07, 6.45) is -1.78. The Kier molecular flexibility index (Phi) is 7.14. The van der Waals surface area contributed by atoms with Crippen molar-refractivity contribution in [3.8, 4) is 34.1 Å². The third kappa shape index (κ3) is 5.77. The first-order valence-corrected chi connectivity index (χ1v) is 10.8. The predicted octanol–water partition coefficient (Wildman–Crippen LogP) is 5.39. The van der Waals surface area contributed by atoms with Crippen LogP contribution >= 0.6 is 0 Å². The van der Waals surface area contributed by atoms with Gasteiger partial charge in [0.1, 0.15) is 11.4 Å². The molecule has 0 atom stereocenters. The summed E-state index contributed by atoms with van der Waals surface area (Å²) >= 11 is 0. The molecule has 10 heteroatoms. The van der Waals surface area contributed by atoms with E-state index in [0.717, 1.165) is 16.8 Å². The molecule has 3 aromatic carbocycles. The molecule has 4 rings (SSSR count). The molecule has 0 fully saturated rings. The molecule has 1 heterocycles. The minimum Gasteiger partial charge on any atom is -0.493 e. The summed E-state index contributed by atoms with van der Waals surface area (Å²) in [5, 5.41) is 2.76. The molecule has 0 bridgehead atoms. The van der Waals surface area contributed by atoms with Crippen molar-refractivity contribution in [1.29, 1.82) is 0 Å².